The lowest BCUT2D eigenvalue weighted by molar-refractivity contribution is 0.0719. The quantitative estimate of drug-likeness (QED) is 0.709. The lowest BCUT2D eigenvalue weighted by Crippen LogP contribution is -2.36. The van der Waals surface area contributed by atoms with Crippen molar-refractivity contribution in [3.05, 3.63) is 59.7 Å². The number of aliphatic hydroxyl groups is 1. The molecule has 160 valence electrons. The Morgan fingerprint density at radius 2 is 1.87 bits per heavy atom. The Morgan fingerprint density at radius 3 is 2.40 bits per heavy atom. The topological polar surface area (TPSA) is 97.3 Å². The van der Waals surface area contributed by atoms with Crippen molar-refractivity contribution < 1.29 is 14.3 Å². The van der Waals surface area contributed by atoms with Crippen LogP contribution < -0.4 is 0 Å². The summed E-state index contributed by atoms with van der Waals surface area (Å²) < 4.78 is 6.81. The molecular weight excluding hydrogens is 382 g/mol. The number of hydrogen-bond acceptors (Lipinski definition) is 6. The van der Waals surface area contributed by atoms with Gasteiger partial charge >= 0.3 is 0 Å². The molecule has 0 radical (unpaired) electrons. The molecule has 0 aliphatic carbocycles. The normalized spacial score (nSPS) is 14.2. The fourth-order valence-electron chi connectivity index (χ4n) is 3.50. The molecule has 3 aromatic heterocycles. The van der Waals surface area contributed by atoms with Gasteiger partial charge in [-0.05, 0) is 58.2 Å². The maximum Gasteiger partial charge on any atom is 0.257 e. The minimum Gasteiger partial charge on any atom is -0.446 e. The van der Waals surface area contributed by atoms with Crippen LogP contribution in [0.15, 0.2) is 41.2 Å². The van der Waals surface area contributed by atoms with Crippen molar-refractivity contribution in [1.29, 1.82) is 0 Å². The third-order valence-electron chi connectivity index (χ3n) is 4.86. The van der Waals surface area contributed by atoms with Crippen LogP contribution >= 0.6 is 0 Å². The lowest BCUT2D eigenvalue weighted by Gasteiger charge is -2.27. The highest BCUT2D eigenvalue weighted by atomic mass is 16.4. The first-order valence-corrected chi connectivity index (χ1v) is 10.2. The molecule has 0 unspecified atom stereocenters. The number of carbonyl (C=O) groups is 1. The summed E-state index contributed by atoms with van der Waals surface area (Å²) in [4.78, 5) is 22.8. The first-order valence-electron chi connectivity index (χ1n) is 10.2. The van der Waals surface area contributed by atoms with Crippen molar-refractivity contribution >= 4 is 5.91 Å². The van der Waals surface area contributed by atoms with Crippen LogP contribution in [0.1, 0.15) is 60.8 Å². The minimum atomic E-state index is -0.901. The Bertz CT molecular complexity index is 967. The first-order chi connectivity index (χ1) is 14.3. The molecular formula is C22H29N5O3. The van der Waals surface area contributed by atoms with Crippen molar-refractivity contribution in [2.45, 2.75) is 52.6 Å². The van der Waals surface area contributed by atoms with E-state index in [-0.39, 0.29) is 5.91 Å². The first kappa shape index (κ1) is 21.7. The zero-order chi connectivity index (χ0) is 21.7. The fourth-order valence-corrected chi connectivity index (χ4v) is 3.50. The minimum absolute atomic E-state index is 0.0540. The molecule has 1 N–H and O–H groups in total. The zero-order valence-electron chi connectivity index (χ0n) is 18.0. The molecule has 1 aliphatic heterocycles. The van der Waals surface area contributed by atoms with Gasteiger partial charge in [0.2, 0.25) is 0 Å². The molecule has 0 saturated carbocycles. The highest BCUT2D eigenvalue weighted by molar-refractivity contribution is 5.97. The van der Waals surface area contributed by atoms with E-state index < -0.39 is 5.60 Å². The second-order valence-electron chi connectivity index (χ2n) is 7.87. The summed E-state index contributed by atoms with van der Waals surface area (Å²) in [6.07, 6.45) is 8.55. The second-order valence-corrected chi connectivity index (χ2v) is 7.87. The molecule has 0 spiro atoms. The Balaban J connectivity index is 0.000000199. The third kappa shape index (κ3) is 5.13. The van der Waals surface area contributed by atoms with E-state index in [9.17, 15) is 9.90 Å². The average molecular weight is 412 g/mol. The van der Waals surface area contributed by atoms with Gasteiger partial charge < -0.3 is 14.4 Å². The van der Waals surface area contributed by atoms with E-state index in [0.29, 0.717) is 28.7 Å². The standard InChI is InChI=1S/C14H16N4O.C8H13NO2/c19-14(17-9-2-1-3-10-17)12-6-4-7-15-13(12)18-11-5-8-16-18;1-5-7(8(3,4)10)9-6(2)11-5/h4-8,11H,1-3,9-10H2;10H,1-4H3. The predicted octanol–water partition coefficient (Wildman–Crippen LogP) is 3.41. The molecule has 1 fully saturated rings. The molecule has 8 nitrogen and oxygen atoms in total. The van der Waals surface area contributed by atoms with Crippen molar-refractivity contribution in [3.8, 4) is 5.82 Å². The summed E-state index contributed by atoms with van der Waals surface area (Å²) in [7, 11) is 0. The largest absolute Gasteiger partial charge is 0.446 e. The van der Waals surface area contributed by atoms with Gasteiger partial charge in [0, 0.05) is 38.6 Å². The van der Waals surface area contributed by atoms with E-state index in [1.54, 1.807) is 57.0 Å². The van der Waals surface area contributed by atoms with Crippen LogP contribution in [0, 0.1) is 13.8 Å². The van der Waals surface area contributed by atoms with E-state index in [1.807, 2.05) is 17.0 Å². The van der Waals surface area contributed by atoms with E-state index in [2.05, 4.69) is 15.1 Å². The molecule has 1 aliphatic rings. The second kappa shape index (κ2) is 9.21. The Labute approximate surface area is 176 Å². The van der Waals surface area contributed by atoms with Gasteiger partial charge in [0.05, 0.1) is 5.56 Å². The summed E-state index contributed by atoms with van der Waals surface area (Å²) in [5, 5.41) is 13.7. The number of nitrogens with zero attached hydrogens (tertiary/aromatic N) is 5. The Hall–Kier alpha value is -3.00. The van der Waals surface area contributed by atoms with Crippen LogP contribution in [-0.2, 0) is 5.60 Å². The van der Waals surface area contributed by atoms with Crippen molar-refractivity contribution in [3.63, 3.8) is 0 Å². The zero-order valence-corrected chi connectivity index (χ0v) is 18.0. The number of oxazole rings is 1. The summed E-state index contributed by atoms with van der Waals surface area (Å²) in [5.41, 5.74) is 0.338. The Kier molecular flexibility index (Phi) is 6.66. The predicted molar refractivity (Wildman–Crippen MR) is 112 cm³/mol. The maximum atomic E-state index is 12.6. The van der Waals surface area contributed by atoms with Gasteiger partial charge in [-0.15, -0.1) is 0 Å². The van der Waals surface area contributed by atoms with Gasteiger partial charge in [0.15, 0.2) is 11.7 Å². The van der Waals surface area contributed by atoms with Crippen LogP contribution in [0.25, 0.3) is 5.82 Å². The molecule has 8 heteroatoms. The van der Waals surface area contributed by atoms with Gasteiger partial charge in [-0.3, -0.25) is 4.79 Å². The van der Waals surface area contributed by atoms with Crippen LogP contribution in [0.5, 0.6) is 0 Å². The monoisotopic (exact) mass is 411 g/mol. The molecule has 0 bridgehead atoms. The number of amides is 1. The molecule has 1 amide bonds. The average Bonchev–Trinajstić information content (AvgIpc) is 3.38. The fraction of sp³-hybridized carbons (Fsp3) is 0.455. The van der Waals surface area contributed by atoms with E-state index >= 15 is 0 Å². The maximum absolute atomic E-state index is 12.6. The number of aromatic nitrogens is 4. The Morgan fingerprint density at radius 1 is 1.13 bits per heavy atom. The van der Waals surface area contributed by atoms with Gasteiger partial charge in [-0.25, -0.2) is 14.6 Å². The van der Waals surface area contributed by atoms with Crippen molar-refractivity contribution in [1.82, 2.24) is 24.6 Å². The number of rotatable bonds is 3. The van der Waals surface area contributed by atoms with Gasteiger partial charge in [0.1, 0.15) is 17.1 Å². The van der Waals surface area contributed by atoms with Crippen LogP contribution in [0.3, 0.4) is 0 Å². The van der Waals surface area contributed by atoms with Crippen molar-refractivity contribution in [2.24, 2.45) is 0 Å². The van der Waals surface area contributed by atoms with Crippen LogP contribution in [-0.4, -0.2) is 48.8 Å². The molecule has 0 aromatic carbocycles. The van der Waals surface area contributed by atoms with E-state index in [1.165, 1.54) is 6.42 Å². The number of aryl methyl sites for hydroxylation is 2. The highest BCUT2D eigenvalue weighted by Gasteiger charge is 2.23. The van der Waals surface area contributed by atoms with Gasteiger partial charge in [-0.1, -0.05) is 0 Å². The summed E-state index contributed by atoms with van der Waals surface area (Å²) >= 11 is 0. The smallest absolute Gasteiger partial charge is 0.257 e. The number of pyridine rings is 1. The van der Waals surface area contributed by atoms with E-state index in [0.717, 1.165) is 25.9 Å². The number of carbonyl (C=O) groups excluding carboxylic acids is 1. The molecule has 30 heavy (non-hydrogen) atoms. The number of likely N-dealkylation sites (tertiary alicyclic amines) is 1. The lowest BCUT2D eigenvalue weighted by atomic mass is 10.0. The summed E-state index contributed by atoms with van der Waals surface area (Å²) in [6, 6.07) is 5.44. The molecule has 3 aromatic rings. The molecule has 1 saturated heterocycles. The van der Waals surface area contributed by atoms with Gasteiger partial charge in [-0.2, -0.15) is 5.10 Å². The van der Waals surface area contributed by atoms with Crippen LogP contribution in [0.4, 0.5) is 0 Å². The summed E-state index contributed by atoms with van der Waals surface area (Å²) in [6.45, 7) is 8.63. The van der Waals surface area contributed by atoms with Gasteiger partial charge in [0.25, 0.3) is 5.91 Å². The number of piperidine rings is 1. The third-order valence-corrected chi connectivity index (χ3v) is 4.86. The van der Waals surface area contributed by atoms with Crippen molar-refractivity contribution in [2.75, 3.05) is 13.1 Å². The SMILES string of the molecule is Cc1nc(C(C)(C)O)c(C)o1.O=C(c1cccnc1-n1cccn1)N1CCCCC1. The molecule has 4 heterocycles. The number of hydrogen-bond donors (Lipinski definition) is 1. The summed E-state index contributed by atoms with van der Waals surface area (Å²) in [5.74, 6) is 1.94. The highest BCUT2D eigenvalue weighted by Crippen LogP contribution is 2.22. The van der Waals surface area contributed by atoms with E-state index in [4.69, 9.17) is 4.42 Å². The van der Waals surface area contributed by atoms with Crippen LogP contribution in [0.2, 0.25) is 0 Å². The molecule has 4 rings (SSSR count). The molecule has 0 atom stereocenters.